The molecule has 0 atom stereocenters. The number of hydrogen-bond acceptors (Lipinski definition) is 5. The molecule has 28 heavy (non-hydrogen) atoms. The number of methoxy groups -OCH3 is 1. The fourth-order valence-electron chi connectivity index (χ4n) is 2.83. The molecule has 1 heterocycles. The van der Waals surface area contributed by atoms with Crippen LogP contribution in [0.4, 0.5) is 11.5 Å². The first-order chi connectivity index (χ1) is 13.5. The predicted molar refractivity (Wildman–Crippen MR) is 111 cm³/mol. The Morgan fingerprint density at radius 3 is 2.57 bits per heavy atom. The number of amides is 1. The zero-order valence-corrected chi connectivity index (χ0v) is 16.7. The van der Waals surface area contributed by atoms with Gasteiger partial charge in [-0.2, -0.15) is 0 Å². The van der Waals surface area contributed by atoms with Gasteiger partial charge in [0.2, 0.25) is 0 Å². The lowest BCUT2D eigenvalue weighted by Gasteiger charge is -2.12. The van der Waals surface area contributed by atoms with Gasteiger partial charge in [-0.3, -0.25) is 4.79 Å². The van der Waals surface area contributed by atoms with Crippen LogP contribution in [-0.4, -0.2) is 23.2 Å². The number of aromatic nitrogens is 2. The molecule has 0 fully saturated rings. The summed E-state index contributed by atoms with van der Waals surface area (Å²) in [6.45, 7) is 4.38. The molecule has 3 aromatic rings. The van der Waals surface area contributed by atoms with E-state index in [1.165, 1.54) is 0 Å². The molecule has 2 aromatic carbocycles. The van der Waals surface area contributed by atoms with Crippen molar-refractivity contribution in [2.75, 3.05) is 17.7 Å². The molecule has 6 nitrogen and oxygen atoms in total. The van der Waals surface area contributed by atoms with Gasteiger partial charge in [-0.15, -0.1) is 10.2 Å². The monoisotopic (exact) mass is 396 g/mol. The highest BCUT2D eigenvalue weighted by Gasteiger charge is 2.13. The quantitative estimate of drug-likeness (QED) is 0.635. The van der Waals surface area contributed by atoms with Crippen molar-refractivity contribution in [2.24, 2.45) is 0 Å². The Morgan fingerprint density at radius 2 is 1.89 bits per heavy atom. The molecule has 7 heteroatoms. The number of carbonyl (C=O) groups excluding carboxylic acids is 1. The maximum absolute atomic E-state index is 12.5. The average molecular weight is 397 g/mol. The molecule has 2 N–H and O–H groups in total. The first kappa shape index (κ1) is 19.6. The predicted octanol–water partition coefficient (Wildman–Crippen LogP) is 4.62. The summed E-state index contributed by atoms with van der Waals surface area (Å²) in [6.07, 6.45) is 0. The van der Waals surface area contributed by atoms with Crippen LogP contribution in [0.5, 0.6) is 5.75 Å². The van der Waals surface area contributed by atoms with Crippen molar-refractivity contribution >= 4 is 29.0 Å². The van der Waals surface area contributed by atoms with Crippen LogP contribution in [0.1, 0.15) is 27.2 Å². The molecule has 0 aliphatic heterocycles. The Hall–Kier alpha value is -3.12. The van der Waals surface area contributed by atoms with Crippen molar-refractivity contribution in [3.8, 4) is 5.75 Å². The second kappa shape index (κ2) is 8.71. The minimum absolute atomic E-state index is 0.207. The summed E-state index contributed by atoms with van der Waals surface area (Å²) in [6, 6.07) is 14.8. The molecule has 0 saturated heterocycles. The molecular formula is C21H21ClN4O2. The van der Waals surface area contributed by atoms with E-state index in [1.807, 2.05) is 44.2 Å². The fourth-order valence-corrected chi connectivity index (χ4v) is 3.20. The van der Waals surface area contributed by atoms with Gasteiger partial charge >= 0.3 is 0 Å². The maximum Gasteiger partial charge on any atom is 0.276 e. The van der Waals surface area contributed by atoms with Crippen molar-refractivity contribution in [3.63, 3.8) is 0 Å². The summed E-state index contributed by atoms with van der Waals surface area (Å²) >= 11 is 6.24. The highest BCUT2D eigenvalue weighted by atomic mass is 35.5. The van der Waals surface area contributed by atoms with Gasteiger partial charge in [0.1, 0.15) is 11.6 Å². The van der Waals surface area contributed by atoms with Crippen molar-refractivity contribution in [2.45, 2.75) is 20.4 Å². The highest BCUT2D eigenvalue weighted by molar-refractivity contribution is 6.34. The maximum atomic E-state index is 12.5. The van der Waals surface area contributed by atoms with Crippen LogP contribution in [0, 0.1) is 13.8 Å². The Labute approximate surface area is 168 Å². The molecular weight excluding hydrogens is 376 g/mol. The Balaban J connectivity index is 1.66. The van der Waals surface area contributed by atoms with Crippen LogP contribution in [0.3, 0.4) is 0 Å². The normalized spacial score (nSPS) is 10.4. The van der Waals surface area contributed by atoms with Crippen LogP contribution in [-0.2, 0) is 6.54 Å². The van der Waals surface area contributed by atoms with E-state index in [0.29, 0.717) is 23.1 Å². The molecule has 1 amide bonds. The van der Waals surface area contributed by atoms with Crippen molar-refractivity contribution < 1.29 is 9.53 Å². The topological polar surface area (TPSA) is 76.1 Å². The molecule has 0 radical (unpaired) electrons. The first-order valence-electron chi connectivity index (χ1n) is 8.75. The van der Waals surface area contributed by atoms with Gasteiger partial charge in [-0.05, 0) is 49.2 Å². The van der Waals surface area contributed by atoms with Crippen molar-refractivity contribution in [3.05, 3.63) is 75.9 Å². The number of anilines is 2. The lowest BCUT2D eigenvalue weighted by Crippen LogP contribution is -2.16. The van der Waals surface area contributed by atoms with E-state index in [-0.39, 0.29) is 11.6 Å². The molecule has 0 saturated carbocycles. The Bertz CT molecular complexity index is 967. The van der Waals surface area contributed by atoms with Crippen molar-refractivity contribution in [1.29, 1.82) is 0 Å². The molecule has 144 valence electrons. The number of rotatable bonds is 6. The van der Waals surface area contributed by atoms with E-state index in [0.717, 1.165) is 22.4 Å². The van der Waals surface area contributed by atoms with E-state index in [1.54, 1.807) is 25.3 Å². The standard InChI is InChI=1S/C21H21ClN4O2/c1-13-10-14(2)20(16(22)11-13)24-21(27)17-8-9-19(26-25-17)23-12-15-6-4-5-7-18(15)28-3/h4-11H,12H2,1-3H3,(H,23,26)(H,24,27). The van der Waals surface area contributed by atoms with E-state index in [4.69, 9.17) is 16.3 Å². The smallest absolute Gasteiger partial charge is 0.276 e. The SMILES string of the molecule is COc1ccccc1CNc1ccc(C(=O)Nc2c(C)cc(C)cc2Cl)nn1. The fraction of sp³-hybridized carbons (Fsp3) is 0.190. The molecule has 1 aromatic heterocycles. The van der Waals surface area contributed by atoms with Crippen LogP contribution >= 0.6 is 11.6 Å². The third-order valence-electron chi connectivity index (χ3n) is 4.22. The number of para-hydroxylation sites is 1. The number of nitrogens with one attached hydrogen (secondary N) is 2. The minimum atomic E-state index is -0.363. The summed E-state index contributed by atoms with van der Waals surface area (Å²) in [4.78, 5) is 12.5. The first-order valence-corrected chi connectivity index (χ1v) is 9.13. The Morgan fingerprint density at radius 1 is 1.11 bits per heavy atom. The van der Waals surface area contributed by atoms with Crippen LogP contribution in [0.15, 0.2) is 48.5 Å². The zero-order valence-electron chi connectivity index (χ0n) is 15.9. The van der Waals surface area contributed by atoms with E-state index < -0.39 is 0 Å². The second-order valence-corrected chi connectivity index (χ2v) is 6.77. The van der Waals surface area contributed by atoms with Crippen LogP contribution < -0.4 is 15.4 Å². The van der Waals surface area contributed by atoms with E-state index in [9.17, 15) is 4.79 Å². The molecule has 0 aliphatic carbocycles. The van der Waals surface area contributed by atoms with Crippen LogP contribution in [0.25, 0.3) is 0 Å². The Kier molecular flexibility index (Phi) is 6.11. The summed E-state index contributed by atoms with van der Waals surface area (Å²) < 4.78 is 5.33. The number of ether oxygens (including phenoxy) is 1. The van der Waals surface area contributed by atoms with Crippen LogP contribution in [0.2, 0.25) is 5.02 Å². The van der Waals surface area contributed by atoms with Crippen molar-refractivity contribution in [1.82, 2.24) is 10.2 Å². The highest BCUT2D eigenvalue weighted by Crippen LogP contribution is 2.27. The third kappa shape index (κ3) is 4.58. The molecule has 0 aliphatic rings. The summed E-state index contributed by atoms with van der Waals surface area (Å²) in [5.41, 5.74) is 3.71. The molecule has 3 rings (SSSR count). The second-order valence-electron chi connectivity index (χ2n) is 6.36. The summed E-state index contributed by atoms with van der Waals surface area (Å²) in [5.74, 6) is 0.994. The molecule has 0 spiro atoms. The number of hydrogen-bond donors (Lipinski definition) is 2. The van der Waals surface area contributed by atoms with Gasteiger partial charge in [0.05, 0.1) is 17.8 Å². The minimum Gasteiger partial charge on any atom is -0.496 e. The lowest BCUT2D eigenvalue weighted by molar-refractivity contribution is 0.102. The number of benzene rings is 2. The van der Waals surface area contributed by atoms with Gasteiger partial charge in [-0.1, -0.05) is 35.9 Å². The van der Waals surface area contributed by atoms with E-state index in [2.05, 4.69) is 20.8 Å². The van der Waals surface area contributed by atoms with Gasteiger partial charge in [0.25, 0.3) is 5.91 Å². The molecule has 0 unspecified atom stereocenters. The zero-order chi connectivity index (χ0) is 20.1. The lowest BCUT2D eigenvalue weighted by atomic mass is 10.1. The number of halogens is 1. The van der Waals surface area contributed by atoms with Gasteiger partial charge in [0, 0.05) is 12.1 Å². The number of aryl methyl sites for hydroxylation is 2. The van der Waals surface area contributed by atoms with Gasteiger partial charge < -0.3 is 15.4 Å². The average Bonchev–Trinajstić information content (AvgIpc) is 2.69. The number of carbonyl (C=O) groups is 1. The van der Waals surface area contributed by atoms with Gasteiger partial charge in [-0.25, -0.2) is 0 Å². The largest absolute Gasteiger partial charge is 0.496 e. The summed E-state index contributed by atoms with van der Waals surface area (Å²) in [7, 11) is 1.63. The third-order valence-corrected chi connectivity index (χ3v) is 4.52. The van der Waals surface area contributed by atoms with E-state index >= 15 is 0 Å². The summed E-state index contributed by atoms with van der Waals surface area (Å²) in [5, 5.41) is 14.6. The van der Waals surface area contributed by atoms with Gasteiger partial charge in [0.15, 0.2) is 5.69 Å². The molecule has 0 bridgehead atoms. The number of nitrogens with zero attached hydrogens (tertiary/aromatic N) is 2.